The Morgan fingerprint density at radius 2 is 2.00 bits per heavy atom. The molecule has 1 aromatic rings. The third-order valence-corrected chi connectivity index (χ3v) is 3.33. The molecule has 1 aliphatic rings. The molecular formula is C14H19N. The minimum absolute atomic E-state index is 0.571. The molecule has 0 aromatic heterocycles. The SMILES string of the molecule is CCC(C1C=Cc2ccccc21)N(C)C. The standard InChI is InChI=1S/C14H19N/c1-4-14(15(2)3)13-10-9-11-7-5-6-8-12(11)13/h5-10,13-14H,4H2,1-3H3. The molecule has 2 atom stereocenters. The molecule has 0 saturated carbocycles. The third kappa shape index (κ3) is 1.84. The van der Waals surface area contributed by atoms with Gasteiger partial charge in [0.05, 0.1) is 0 Å². The Balaban J connectivity index is 2.30. The molecule has 0 heterocycles. The van der Waals surface area contributed by atoms with Gasteiger partial charge in [-0.3, -0.25) is 0 Å². The summed E-state index contributed by atoms with van der Waals surface area (Å²) in [6.07, 6.45) is 5.79. The second-order valence-electron chi connectivity index (χ2n) is 4.45. The van der Waals surface area contributed by atoms with E-state index >= 15 is 0 Å². The summed E-state index contributed by atoms with van der Waals surface area (Å²) >= 11 is 0. The average molecular weight is 201 g/mol. The highest BCUT2D eigenvalue weighted by molar-refractivity contribution is 5.62. The fourth-order valence-corrected chi connectivity index (χ4v) is 2.55. The van der Waals surface area contributed by atoms with Crippen molar-refractivity contribution in [1.82, 2.24) is 4.90 Å². The second-order valence-corrected chi connectivity index (χ2v) is 4.45. The zero-order chi connectivity index (χ0) is 10.8. The van der Waals surface area contributed by atoms with E-state index in [4.69, 9.17) is 0 Å². The van der Waals surface area contributed by atoms with Gasteiger partial charge in [-0.05, 0) is 31.6 Å². The quantitative estimate of drug-likeness (QED) is 0.726. The normalized spacial score (nSPS) is 20.7. The van der Waals surface area contributed by atoms with E-state index in [0.29, 0.717) is 12.0 Å². The van der Waals surface area contributed by atoms with Gasteiger partial charge in [-0.2, -0.15) is 0 Å². The summed E-state index contributed by atoms with van der Waals surface area (Å²) in [6.45, 7) is 2.26. The topological polar surface area (TPSA) is 3.24 Å². The molecule has 1 aromatic carbocycles. The first kappa shape index (κ1) is 10.4. The third-order valence-electron chi connectivity index (χ3n) is 3.33. The van der Waals surface area contributed by atoms with E-state index in [1.807, 2.05) is 0 Å². The molecule has 0 bridgehead atoms. The van der Waals surface area contributed by atoms with Crippen molar-refractivity contribution in [3.63, 3.8) is 0 Å². The Hall–Kier alpha value is -1.08. The molecule has 0 fully saturated rings. The van der Waals surface area contributed by atoms with Gasteiger partial charge < -0.3 is 4.90 Å². The number of hydrogen-bond acceptors (Lipinski definition) is 1. The number of likely N-dealkylation sites (N-methyl/N-ethyl adjacent to an activating group) is 1. The van der Waals surface area contributed by atoms with Gasteiger partial charge >= 0.3 is 0 Å². The van der Waals surface area contributed by atoms with Crippen LogP contribution in [0.3, 0.4) is 0 Å². The summed E-state index contributed by atoms with van der Waals surface area (Å²) in [4.78, 5) is 2.33. The molecule has 2 rings (SSSR count). The van der Waals surface area contributed by atoms with Gasteiger partial charge in [-0.25, -0.2) is 0 Å². The van der Waals surface area contributed by atoms with Gasteiger partial charge in [0.1, 0.15) is 0 Å². The van der Waals surface area contributed by atoms with Gasteiger partial charge in [-0.1, -0.05) is 43.3 Å². The van der Waals surface area contributed by atoms with Crippen LogP contribution in [0.5, 0.6) is 0 Å². The maximum Gasteiger partial charge on any atom is 0.0190 e. The molecule has 0 amide bonds. The number of hydrogen-bond donors (Lipinski definition) is 0. The summed E-state index contributed by atoms with van der Waals surface area (Å²) in [5.41, 5.74) is 2.88. The Kier molecular flexibility index (Phi) is 2.92. The molecule has 0 saturated heterocycles. The monoisotopic (exact) mass is 201 g/mol. The van der Waals surface area contributed by atoms with Crippen LogP contribution in [0.15, 0.2) is 30.3 Å². The zero-order valence-electron chi connectivity index (χ0n) is 9.77. The van der Waals surface area contributed by atoms with Crippen molar-refractivity contribution in [2.45, 2.75) is 25.3 Å². The highest BCUT2D eigenvalue weighted by atomic mass is 15.1. The highest BCUT2D eigenvalue weighted by Crippen LogP contribution is 2.34. The van der Waals surface area contributed by atoms with Crippen LogP contribution in [0, 0.1) is 0 Å². The van der Waals surface area contributed by atoms with E-state index in [0.717, 1.165) is 0 Å². The Bertz CT molecular complexity index is 365. The molecule has 80 valence electrons. The molecule has 15 heavy (non-hydrogen) atoms. The van der Waals surface area contributed by atoms with Crippen molar-refractivity contribution < 1.29 is 0 Å². The molecule has 0 N–H and O–H groups in total. The number of nitrogens with zero attached hydrogens (tertiary/aromatic N) is 1. The smallest absolute Gasteiger partial charge is 0.0190 e. The highest BCUT2D eigenvalue weighted by Gasteiger charge is 2.25. The lowest BCUT2D eigenvalue weighted by Crippen LogP contribution is -2.32. The van der Waals surface area contributed by atoms with Gasteiger partial charge in [0.2, 0.25) is 0 Å². The Labute approximate surface area is 92.4 Å². The van der Waals surface area contributed by atoms with E-state index < -0.39 is 0 Å². The van der Waals surface area contributed by atoms with E-state index in [2.05, 4.69) is 62.3 Å². The Morgan fingerprint density at radius 1 is 1.27 bits per heavy atom. The summed E-state index contributed by atoms with van der Waals surface area (Å²) in [5, 5.41) is 0. The van der Waals surface area contributed by atoms with Crippen molar-refractivity contribution in [2.24, 2.45) is 0 Å². The van der Waals surface area contributed by atoms with Crippen LogP contribution >= 0.6 is 0 Å². The predicted molar refractivity (Wildman–Crippen MR) is 66.0 cm³/mol. The van der Waals surface area contributed by atoms with Crippen molar-refractivity contribution in [2.75, 3.05) is 14.1 Å². The lowest BCUT2D eigenvalue weighted by atomic mass is 9.91. The number of fused-ring (bicyclic) bond motifs is 1. The summed E-state index contributed by atoms with van der Waals surface area (Å²) in [7, 11) is 4.34. The minimum Gasteiger partial charge on any atom is -0.306 e. The van der Waals surface area contributed by atoms with Crippen LogP contribution < -0.4 is 0 Å². The lowest BCUT2D eigenvalue weighted by molar-refractivity contribution is 0.267. The van der Waals surface area contributed by atoms with Crippen molar-refractivity contribution in [1.29, 1.82) is 0 Å². The van der Waals surface area contributed by atoms with Gasteiger partial charge in [-0.15, -0.1) is 0 Å². The molecule has 2 unspecified atom stereocenters. The van der Waals surface area contributed by atoms with Crippen LogP contribution in [0.1, 0.15) is 30.4 Å². The van der Waals surface area contributed by atoms with Crippen molar-refractivity contribution in [3.05, 3.63) is 41.5 Å². The van der Waals surface area contributed by atoms with Crippen molar-refractivity contribution >= 4 is 6.08 Å². The van der Waals surface area contributed by atoms with Crippen LogP contribution in [-0.4, -0.2) is 25.0 Å². The maximum atomic E-state index is 2.35. The number of benzene rings is 1. The largest absolute Gasteiger partial charge is 0.306 e. The van der Waals surface area contributed by atoms with Gasteiger partial charge in [0.25, 0.3) is 0 Å². The van der Waals surface area contributed by atoms with Gasteiger partial charge in [0.15, 0.2) is 0 Å². The van der Waals surface area contributed by atoms with Crippen molar-refractivity contribution in [3.8, 4) is 0 Å². The summed E-state index contributed by atoms with van der Waals surface area (Å²) in [6, 6.07) is 9.33. The molecular weight excluding hydrogens is 182 g/mol. The molecule has 0 spiro atoms. The zero-order valence-corrected chi connectivity index (χ0v) is 9.77. The van der Waals surface area contributed by atoms with E-state index in [1.165, 1.54) is 17.5 Å². The first-order chi connectivity index (χ1) is 7.24. The molecule has 0 aliphatic heterocycles. The Morgan fingerprint density at radius 3 is 2.67 bits per heavy atom. The van der Waals surface area contributed by atoms with Crippen LogP contribution in [0.25, 0.3) is 6.08 Å². The fourth-order valence-electron chi connectivity index (χ4n) is 2.55. The first-order valence-electron chi connectivity index (χ1n) is 5.67. The van der Waals surface area contributed by atoms with E-state index in [1.54, 1.807) is 0 Å². The maximum absolute atomic E-state index is 2.35. The average Bonchev–Trinajstić information content (AvgIpc) is 2.63. The summed E-state index contributed by atoms with van der Waals surface area (Å²) in [5.74, 6) is 0.571. The molecule has 0 radical (unpaired) electrons. The lowest BCUT2D eigenvalue weighted by Gasteiger charge is -2.28. The molecule has 1 aliphatic carbocycles. The van der Waals surface area contributed by atoms with Crippen LogP contribution in [-0.2, 0) is 0 Å². The molecule has 1 heteroatoms. The summed E-state index contributed by atoms with van der Waals surface area (Å²) < 4.78 is 0. The second kappa shape index (κ2) is 4.19. The van der Waals surface area contributed by atoms with E-state index in [9.17, 15) is 0 Å². The van der Waals surface area contributed by atoms with Crippen LogP contribution in [0.4, 0.5) is 0 Å². The molecule has 1 nitrogen and oxygen atoms in total. The van der Waals surface area contributed by atoms with Gasteiger partial charge in [0, 0.05) is 12.0 Å². The predicted octanol–water partition coefficient (Wildman–Crippen LogP) is 3.14. The van der Waals surface area contributed by atoms with E-state index in [-0.39, 0.29) is 0 Å². The minimum atomic E-state index is 0.571. The first-order valence-corrected chi connectivity index (χ1v) is 5.67. The fraction of sp³-hybridized carbons (Fsp3) is 0.429. The van der Waals surface area contributed by atoms with Crippen LogP contribution in [0.2, 0.25) is 0 Å². The number of rotatable bonds is 3.